The number of rotatable bonds is 8. The lowest BCUT2D eigenvalue weighted by Gasteiger charge is -2.08. The van der Waals surface area contributed by atoms with Crippen LogP contribution in [0.2, 0.25) is 0 Å². The van der Waals surface area contributed by atoms with Crippen LogP contribution in [0.1, 0.15) is 43.0 Å². The van der Waals surface area contributed by atoms with Gasteiger partial charge in [-0.2, -0.15) is 0 Å². The van der Waals surface area contributed by atoms with Crippen LogP contribution >= 0.6 is 0 Å². The largest absolute Gasteiger partial charge is 0.490 e. The van der Waals surface area contributed by atoms with Crippen LogP contribution in [0.3, 0.4) is 0 Å². The van der Waals surface area contributed by atoms with Crippen molar-refractivity contribution in [3.8, 4) is 5.75 Å². The minimum Gasteiger partial charge on any atom is -0.490 e. The number of nitro benzene ring substituents is 1. The highest BCUT2D eigenvalue weighted by Crippen LogP contribution is 2.28. The van der Waals surface area contributed by atoms with E-state index >= 15 is 0 Å². The zero-order chi connectivity index (χ0) is 15.1. The molecule has 1 aromatic rings. The van der Waals surface area contributed by atoms with E-state index in [2.05, 4.69) is 6.92 Å². The number of nitrogens with zero attached hydrogens (tertiary/aromatic N) is 1. The van der Waals surface area contributed by atoms with Gasteiger partial charge in [0.15, 0.2) is 11.6 Å². The number of benzene rings is 1. The first-order valence-electron chi connectivity index (χ1n) is 6.31. The zero-order valence-electron chi connectivity index (χ0n) is 11.1. The van der Waals surface area contributed by atoms with Crippen LogP contribution in [-0.2, 0) is 0 Å². The van der Waals surface area contributed by atoms with Gasteiger partial charge in [-0.15, -0.1) is 0 Å². The second-order valence-electron chi connectivity index (χ2n) is 4.27. The van der Waals surface area contributed by atoms with E-state index in [1.54, 1.807) is 0 Å². The smallest absolute Gasteiger partial charge is 0.342 e. The fourth-order valence-corrected chi connectivity index (χ4v) is 1.69. The van der Waals surface area contributed by atoms with E-state index in [0.717, 1.165) is 25.3 Å². The van der Waals surface area contributed by atoms with Gasteiger partial charge in [0.25, 0.3) is 5.69 Å². The van der Waals surface area contributed by atoms with Crippen molar-refractivity contribution in [3.05, 3.63) is 33.6 Å². The third kappa shape index (κ3) is 4.18. The third-order valence-electron chi connectivity index (χ3n) is 2.73. The van der Waals surface area contributed by atoms with Crippen LogP contribution < -0.4 is 4.74 Å². The number of hydrogen-bond acceptors (Lipinski definition) is 4. The van der Waals surface area contributed by atoms with Gasteiger partial charge in [0.2, 0.25) is 0 Å². The van der Waals surface area contributed by atoms with Crippen LogP contribution in [0, 0.1) is 15.9 Å². The van der Waals surface area contributed by atoms with Crippen LogP contribution in [-0.4, -0.2) is 22.6 Å². The molecule has 0 atom stereocenters. The maximum atomic E-state index is 13.6. The van der Waals surface area contributed by atoms with Gasteiger partial charge < -0.3 is 9.84 Å². The fraction of sp³-hybridized carbons (Fsp3) is 0.462. The lowest BCUT2D eigenvalue weighted by molar-refractivity contribution is -0.385. The van der Waals surface area contributed by atoms with Gasteiger partial charge in [-0.25, -0.2) is 9.18 Å². The van der Waals surface area contributed by atoms with E-state index in [0.29, 0.717) is 12.5 Å². The summed E-state index contributed by atoms with van der Waals surface area (Å²) in [7, 11) is 0. The Morgan fingerprint density at radius 3 is 2.65 bits per heavy atom. The Morgan fingerprint density at radius 1 is 1.40 bits per heavy atom. The predicted molar refractivity (Wildman–Crippen MR) is 69.7 cm³/mol. The summed E-state index contributed by atoms with van der Waals surface area (Å²) in [6.07, 6.45) is 3.73. The summed E-state index contributed by atoms with van der Waals surface area (Å²) in [6.45, 7) is 2.30. The maximum absolute atomic E-state index is 13.6. The molecular formula is C13H16FNO5. The molecule has 1 rings (SSSR count). The Hall–Kier alpha value is -2.18. The fourth-order valence-electron chi connectivity index (χ4n) is 1.69. The van der Waals surface area contributed by atoms with Gasteiger partial charge in [-0.3, -0.25) is 10.1 Å². The topological polar surface area (TPSA) is 89.7 Å². The SMILES string of the molecule is CCCCCCOc1cc(C(=O)O)c([N+](=O)[O-])cc1F. The van der Waals surface area contributed by atoms with Crippen LogP contribution in [0.25, 0.3) is 0 Å². The third-order valence-corrected chi connectivity index (χ3v) is 2.73. The van der Waals surface area contributed by atoms with Crippen molar-refractivity contribution in [2.75, 3.05) is 6.61 Å². The lowest BCUT2D eigenvalue weighted by atomic mass is 10.1. The Bertz CT molecular complexity index is 504. The van der Waals surface area contributed by atoms with Crippen LogP contribution in [0.5, 0.6) is 5.75 Å². The molecule has 0 fully saturated rings. The van der Waals surface area contributed by atoms with E-state index in [1.807, 2.05) is 0 Å². The molecule has 0 aromatic heterocycles. The molecule has 0 bridgehead atoms. The Balaban J connectivity index is 2.84. The summed E-state index contributed by atoms with van der Waals surface area (Å²) in [5, 5.41) is 19.5. The molecule has 0 heterocycles. The highest BCUT2D eigenvalue weighted by Gasteiger charge is 2.23. The lowest BCUT2D eigenvalue weighted by Crippen LogP contribution is -2.06. The molecule has 0 amide bonds. The molecule has 20 heavy (non-hydrogen) atoms. The van der Waals surface area contributed by atoms with E-state index in [1.165, 1.54) is 0 Å². The quantitative estimate of drug-likeness (QED) is 0.449. The summed E-state index contributed by atoms with van der Waals surface area (Å²) >= 11 is 0. The van der Waals surface area contributed by atoms with Crippen molar-refractivity contribution in [3.63, 3.8) is 0 Å². The standard InChI is InChI=1S/C13H16FNO5/c1-2-3-4-5-6-20-12-7-9(13(16)17)11(15(18)19)8-10(12)14/h7-8H,2-6H2,1H3,(H,16,17). The highest BCUT2D eigenvalue weighted by molar-refractivity contribution is 5.92. The van der Waals surface area contributed by atoms with Crippen molar-refractivity contribution in [1.29, 1.82) is 0 Å². The van der Waals surface area contributed by atoms with E-state index in [-0.39, 0.29) is 12.4 Å². The van der Waals surface area contributed by atoms with Gasteiger partial charge >= 0.3 is 5.97 Å². The average molecular weight is 285 g/mol. The normalized spacial score (nSPS) is 10.3. The monoisotopic (exact) mass is 285 g/mol. The van der Waals surface area contributed by atoms with Crippen molar-refractivity contribution < 1.29 is 24.0 Å². The number of ether oxygens (including phenoxy) is 1. The maximum Gasteiger partial charge on any atom is 0.342 e. The van der Waals surface area contributed by atoms with Crippen LogP contribution in [0.4, 0.5) is 10.1 Å². The number of carboxylic acids is 1. The minimum atomic E-state index is -1.49. The minimum absolute atomic E-state index is 0.244. The number of carboxylic acid groups (broad SMARTS) is 1. The molecule has 0 aliphatic carbocycles. The molecule has 0 spiro atoms. The first kappa shape index (κ1) is 15.9. The van der Waals surface area contributed by atoms with Gasteiger partial charge in [0.05, 0.1) is 17.6 Å². The van der Waals surface area contributed by atoms with Gasteiger partial charge in [0.1, 0.15) is 5.56 Å². The number of unbranched alkanes of at least 4 members (excludes halogenated alkanes) is 3. The van der Waals surface area contributed by atoms with Gasteiger partial charge in [0, 0.05) is 6.07 Å². The summed E-state index contributed by atoms with van der Waals surface area (Å²) in [4.78, 5) is 20.6. The second kappa shape index (κ2) is 7.42. The first-order valence-corrected chi connectivity index (χ1v) is 6.31. The number of halogens is 1. The summed E-state index contributed by atoms with van der Waals surface area (Å²) in [5.41, 5.74) is -1.37. The van der Waals surface area contributed by atoms with E-state index < -0.39 is 28.0 Å². The van der Waals surface area contributed by atoms with Crippen molar-refractivity contribution in [2.24, 2.45) is 0 Å². The summed E-state index contributed by atoms with van der Waals surface area (Å²) < 4.78 is 18.8. The number of carbonyl (C=O) groups is 1. The van der Waals surface area contributed by atoms with E-state index in [9.17, 15) is 19.3 Å². The Morgan fingerprint density at radius 2 is 2.10 bits per heavy atom. The Kier molecular flexibility index (Phi) is 5.89. The average Bonchev–Trinajstić information content (AvgIpc) is 2.39. The summed E-state index contributed by atoms with van der Waals surface area (Å²) in [6, 6.07) is 1.43. The molecule has 0 aliphatic heterocycles. The van der Waals surface area contributed by atoms with Crippen molar-refractivity contribution in [1.82, 2.24) is 0 Å². The molecule has 0 unspecified atom stereocenters. The molecule has 7 heteroatoms. The molecule has 0 saturated heterocycles. The number of aromatic carboxylic acids is 1. The van der Waals surface area contributed by atoms with Crippen LogP contribution in [0.15, 0.2) is 12.1 Å². The molecule has 0 radical (unpaired) electrons. The molecule has 6 nitrogen and oxygen atoms in total. The highest BCUT2D eigenvalue weighted by atomic mass is 19.1. The predicted octanol–water partition coefficient (Wildman–Crippen LogP) is 3.39. The molecular weight excluding hydrogens is 269 g/mol. The summed E-state index contributed by atoms with van der Waals surface area (Å²) in [5.74, 6) is -2.70. The molecule has 1 aromatic carbocycles. The van der Waals surface area contributed by atoms with Crippen molar-refractivity contribution in [2.45, 2.75) is 32.6 Å². The zero-order valence-corrected chi connectivity index (χ0v) is 11.1. The molecule has 1 N–H and O–H groups in total. The number of hydrogen-bond donors (Lipinski definition) is 1. The second-order valence-corrected chi connectivity index (χ2v) is 4.27. The number of nitro groups is 1. The van der Waals surface area contributed by atoms with Gasteiger partial charge in [-0.05, 0) is 6.42 Å². The molecule has 0 aliphatic rings. The molecule has 0 saturated carbocycles. The van der Waals surface area contributed by atoms with E-state index in [4.69, 9.17) is 9.84 Å². The molecule has 110 valence electrons. The first-order chi connectivity index (χ1) is 9.47. The van der Waals surface area contributed by atoms with Crippen molar-refractivity contribution >= 4 is 11.7 Å². The van der Waals surface area contributed by atoms with Gasteiger partial charge in [-0.1, -0.05) is 26.2 Å². The Labute approximate surface area is 115 Å².